The van der Waals surface area contributed by atoms with Crippen LogP contribution in [0.1, 0.15) is 38.7 Å². The standard InChI is InChI=1S/C18H30N2O/c1-3-19-18(15-21,17-7-5-4-6-8-17)11-14-20-12-9-16(2)10-13-20/h4-8,16,19,21H,3,9-15H2,1-2H3. The molecule has 118 valence electrons. The Hall–Kier alpha value is -0.900. The minimum Gasteiger partial charge on any atom is -0.394 e. The van der Waals surface area contributed by atoms with E-state index in [1.54, 1.807) is 0 Å². The molecule has 21 heavy (non-hydrogen) atoms. The van der Waals surface area contributed by atoms with E-state index in [1.165, 1.54) is 31.5 Å². The van der Waals surface area contributed by atoms with Crippen molar-refractivity contribution in [2.45, 2.75) is 38.6 Å². The van der Waals surface area contributed by atoms with Gasteiger partial charge in [0.2, 0.25) is 0 Å². The number of nitrogens with zero attached hydrogens (tertiary/aromatic N) is 1. The van der Waals surface area contributed by atoms with E-state index in [-0.39, 0.29) is 12.1 Å². The summed E-state index contributed by atoms with van der Waals surface area (Å²) in [6.07, 6.45) is 3.56. The highest BCUT2D eigenvalue weighted by Gasteiger charge is 2.31. The molecular weight excluding hydrogens is 260 g/mol. The fraction of sp³-hybridized carbons (Fsp3) is 0.667. The summed E-state index contributed by atoms with van der Waals surface area (Å²) in [4.78, 5) is 2.55. The third kappa shape index (κ3) is 4.29. The summed E-state index contributed by atoms with van der Waals surface area (Å²) >= 11 is 0. The highest BCUT2D eigenvalue weighted by atomic mass is 16.3. The summed E-state index contributed by atoms with van der Waals surface area (Å²) in [7, 11) is 0. The quantitative estimate of drug-likeness (QED) is 0.810. The molecule has 0 aromatic heterocycles. The van der Waals surface area contributed by atoms with E-state index in [4.69, 9.17) is 0 Å². The molecule has 0 saturated carbocycles. The van der Waals surface area contributed by atoms with Crippen LogP contribution in [0.15, 0.2) is 30.3 Å². The molecule has 1 atom stereocenters. The van der Waals surface area contributed by atoms with Crippen LogP contribution in [0.5, 0.6) is 0 Å². The Morgan fingerprint density at radius 3 is 2.48 bits per heavy atom. The Morgan fingerprint density at radius 1 is 1.24 bits per heavy atom. The van der Waals surface area contributed by atoms with Gasteiger partial charge in [0.05, 0.1) is 12.1 Å². The highest BCUT2D eigenvalue weighted by molar-refractivity contribution is 5.24. The van der Waals surface area contributed by atoms with Gasteiger partial charge in [-0.1, -0.05) is 44.2 Å². The zero-order valence-corrected chi connectivity index (χ0v) is 13.5. The Kier molecular flexibility index (Phi) is 6.22. The Labute approximate surface area is 129 Å². The minimum absolute atomic E-state index is 0.148. The van der Waals surface area contributed by atoms with Crippen LogP contribution in [0.2, 0.25) is 0 Å². The molecule has 0 bridgehead atoms. The Morgan fingerprint density at radius 2 is 1.90 bits per heavy atom. The Balaban J connectivity index is 2.02. The second-order valence-corrected chi connectivity index (χ2v) is 6.41. The van der Waals surface area contributed by atoms with Gasteiger partial charge in [0, 0.05) is 6.54 Å². The maximum Gasteiger partial charge on any atom is 0.0681 e. The normalized spacial score (nSPS) is 20.3. The van der Waals surface area contributed by atoms with E-state index in [0.717, 1.165) is 25.4 Å². The number of piperidine rings is 1. The molecular formula is C18H30N2O. The van der Waals surface area contributed by atoms with Gasteiger partial charge in [-0.25, -0.2) is 0 Å². The van der Waals surface area contributed by atoms with E-state index < -0.39 is 0 Å². The summed E-state index contributed by atoms with van der Waals surface area (Å²) in [6, 6.07) is 10.4. The first kappa shape index (κ1) is 16.5. The first-order valence-electron chi connectivity index (χ1n) is 8.34. The van der Waals surface area contributed by atoms with Crippen molar-refractivity contribution < 1.29 is 5.11 Å². The third-order valence-electron chi connectivity index (χ3n) is 4.84. The van der Waals surface area contributed by atoms with E-state index in [2.05, 4.69) is 48.3 Å². The van der Waals surface area contributed by atoms with Gasteiger partial charge in [-0.15, -0.1) is 0 Å². The SMILES string of the molecule is CCNC(CO)(CCN1CCC(C)CC1)c1ccccc1. The lowest BCUT2D eigenvalue weighted by molar-refractivity contribution is 0.119. The molecule has 2 rings (SSSR count). The number of nitrogens with one attached hydrogen (secondary N) is 1. The van der Waals surface area contributed by atoms with Crippen molar-refractivity contribution in [1.29, 1.82) is 0 Å². The summed E-state index contributed by atoms with van der Waals surface area (Å²) < 4.78 is 0. The van der Waals surface area contributed by atoms with Crippen molar-refractivity contribution in [2.24, 2.45) is 5.92 Å². The van der Waals surface area contributed by atoms with Crippen molar-refractivity contribution in [1.82, 2.24) is 10.2 Å². The van der Waals surface area contributed by atoms with Crippen molar-refractivity contribution in [3.05, 3.63) is 35.9 Å². The van der Waals surface area contributed by atoms with Crippen molar-refractivity contribution in [3.8, 4) is 0 Å². The number of hydrogen-bond acceptors (Lipinski definition) is 3. The van der Waals surface area contributed by atoms with E-state index >= 15 is 0 Å². The van der Waals surface area contributed by atoms with Gasteiger partial charge < -0.3 is 15.3 Å². The lowest BCUT2D eigenvalue weighted by atomic mass is 9.86. The van der Waals surface area contributed by atoms with E-state index in [1.807, 2.05) is 6.07 Å². The first-order chi connectivity index (χ1) is 10.2. The van der Waals surface area contributed by atoms with Crippen molar-refractivity contribution >= 4 is 0 Å². The summed E-state index contributed by atoms with van der Waals surface area (Å²) in [5, 5.41) is 13.6. The number of benzene rings is 1. The topological polar surface area (TPSA) is 35.5 Å². The van der Waals surface area contributed by atoms with Gasteiger partial charge >= 0.3 is 0 Å². The van der Waals surface area contributed by atoms with Crippen LogP contribution in [-0.4, -0.2) is 42.8 Å². The van der Waals surface area contributed by atoms with Gasteiger partial charge in [-0.3, -0.25) is 0 Å². The second-order valence-electron chi connectivity index (χ2n) is 6.41. The van der Waals surface area contributed by atoms with Crippen LogP contribution in [0, 0.1) is 5.92 Å². The van der Waals surface area contributed by atoms with Crippen molar-refractivity contribution in [2.75, 3.05) is 32.8 Å². The van der Waals surface area contributed by atoms with Gasteiger partial charge in [-0.2, -0.15) is 0 Å². The van der Waals surface area contributed by atoms with Gasteiger partial charge in [0.1, 0.15) is 0 Å². The molecule has 1 heterocycles. The maximum atomic E-state index is 10.1. The average molecular weight is 290 g/mol. The molecule has 1 aromatic carbocycles. The molecule has 1 saturated heterocycles. The van der Waals surface area contributed by atoms with Crippen LogP contribution in [0.4, 0.5) is 0 Å². The van der Waals surface area contributed by atoms with Crippen LogP contribution < -0.4 is 5.32 Å². The minimum atomic E-state index is -0.306. The first-order valence-corrected chi connectivity index (χ1v) is 8.34. The molecule has 2 N–H and O–H groups in total. The lowest BCUT2D eigenvalue weighted by Gasteiger charge is -2.37. The fourth-order valence-electron chi connectivity index (χ4n) is 3.29. The monoisotopic (exact) mass is 290 g/mol. The molecule has 1 fully saturated rings. The number of likely N-dealkylation sites (tertiary alicyclic amines) is 1. The number of rotatable bonds is 7. The number of likely N-dealkylation sites (N-methyl/N-ethyl adjacent to an activating group) is 1. The zero-order valence-electron chi connectivity index (χ0n) is 13.5. The predicted molar refractivity (Wildman–Crippen MR) is 88.3 cm³/mol. The van der Waals surface area contributed by atoms with Crippen LogP contribution in [0.3, 0.4) is 0 Å². The zero-order chi connectivity index (χ0) is 15.1. The number of hydrogen-bond donors (Lipinski definition) is 2. The van der Waals surface area contributed by atoms with E-state index in [0.29, 0.717) is 0 Å². The number of aliphatic hydroxyl groups is 1. The molecule has 0 aliphatic carbocycles. The summed E-state index contributed by atoms with van der Waals surface area (Å²) in [5.74, 6) is 0.867. The average Bonchev–Trinajstić information content (AvgIpc) is 2.54. The molecule has 3 heteroatoms. The molecule has 1 aromatic rings. The molecule has 1 aliphatic heterocycles. The summed E-state index contributed by atoms with van der Waals surface area (Å²) in [5.41, 5.74) is 0.888. The summed E-state index contributed by atoms with van der Waals surface area (Å²) in [6.45, 7) is 8.91. The van der Waals surface area contributed by atoms with Crippen LogP contribution in [0.25, 0.3) is 0 Å². The van der Waals surface area contributed by atoms with Gasteiger partial charge in [0.25, 0.3) is 0 Å². The van der Waals surface area contributed by atoms with Crippen LogP contribution >= 0.6 is 0 Å². The lowest BCUT2D eigenvalue weighted by Crippen LogP contribution is -2.48. The third-order valence-corrected chi connectivity index (χ3v) is 4.84. The largest absolute Gasteiger partial charge is 0.394 e. The molecule has 0 spiro atoms. The fourth-order valence-corrected chi connectivity index (χ4v) is 3.29. The molecule has 0 amide bonds. The van der Waals surface area contributed by atoms with Gasteiger partial charge in [-0.05, 0) is 50.4 Å². The Bertz CT molecular complexity index is 401. The molecule has 3 nitrogen and oxygen atoms in total. The smallest absolute Gasteiger partial charge is 0.0681 e. The number of aliphatic hydroxyl groups excluding tert-OH is 1. The van der Waals surface area contributed by atoms with Crippen molar-refractivity contribution in [3.63, 3.8) is 0 Å². The molecule has 0 radical (unpaired) electrons. The predicted octanol–water partition coefficient (Wildman–Crippen LogP) is 2.61. The van der Waals surface area contributed by atoms with E-state index in [9.17, 15) is 5.11 Å². The molecule has 1 aliphatic rings. The second kappa shape index (κ2) is 7.92. The van der Waals surface area contributed by atoms with Crippen LogP contribution in [-0.2, 0) is 5.54 Å². The highest BCUT2D eigenvalue weighted by Crippen LogP contribution is 2.26. The maximum absolute atomic E-state index is 10.1. The molecule has 1 unspecified atom stereocenters. The van der Waals surface area contributed by atoms with Gasteiger partial charge in [0.15, 0.2) is 0 Å².